The fraction of sp³-hybridized carbons (Fsp3) is 0.727. The highest BCUT2D eigenvalue weighted by atomic mass is 32.2. The highest BCUT2D eigenvalue weighted by Gasteiger charge is 2.29. The van der Waals surface area contributed by atoms with Gasteiger partial charge in [0, 0.05) is 38.5 Å². The normalized spacial score (nSPS) is 20.8. The van der Waals surface area contributed by atoms with Crippen LogP contribution in [0.25, 0.3) is 0 Å². The maximum Gasteiger partial charge on any atom is 0.182 e. The van der Waals surface area contributed by atoms with Crippen LogP contribution in [0.15, 0.2) is 4.90 Å². The SMILES string of the molecule is CCn1nc(N2CCN[C@H](C)C2)c(S(C)(=O)=O)c1N. The average Bonchev–Trinajstić information content (AvgIpc) is 2.66. The molecule has 0 unspecified atom stereocenters. The Morgan fingerprint density at radius 3 is 2.74 bits per heavy atom. The van der Waals surface area contributed by atoms with Crippen LogP contribution in [-0.4, -0.2) is 50.1 Å². The molecule has 7 nitrogen and oxygen atoms in total. The van der Waals surface area contributed by atoms with Gasteiger partial charge in [-0.25, -0.2) is 13.1 Å². The van der Waals surface area contributed by atoms with Gasteiger partial charge in [-0.3, -0.25) is 0 Å². The molecule has 0 spiro atoms. The first-order valence-electron chi connectivity index (χ1n) is 6.39. The first kappa shape index (κ1) is 14.1. The van der Waals surface area contributed by atoms with E-state index in [1.54, 1.807) is 4.68 Å². The summed E-state index contributed by atoms with van der Waals surface area (Å²) in [5.41, 5.74) is 5.92. The number of aryl methyl sites for hydroxylation is 1. The molecule has 1 aromatic heterocycles. The minimum absolute atomic E-state index is 0.156. The van der Waals surface area contributed by atoms with Crippen molar-refractivity contribution in [2.45, 2.75) is 31.3 Å². The highest BCUT2D eigenvalue weighted by Crippen LogP contribution is 2.30. The molecule has 0 radical (unpaired) electrons. The van der Waals surface area contributed by atoms with Crippen molar-refractivity contribution < 1.29 is 8.42 Å². The number of hydrogen-bond acceptors (Lipinski definition) is 6. The van der Waals surface area contributed by atoms with Crippen molar-refractivity contribution in [3.8, 4) is 0 Å². The van der Waals surface area contributed by atoms with E-state index in [0.717, 1.165) is 19.6 Å². The van der Waals surface area contributed by atoms with Gasteiger partial charge in [-0.05, 0) is 13.8 Å². The maximum absolute atomic E-state index is 12.0. The van der Waals surface area contributed by atoms with Crippen molar-refractivity contribution in [2.75, 3.05) is 36.5 Å². The number of nitrogens with zero attached hydrogens (tertiary/aromatic N) is 3. The largest absolute Gasteiger partial charge is 0.383 e. The lowest BCUT2D eigenvalue weighted by molar-refractivity contribution is 0.478. The average molecular weight is 287 g/mol. The van der Waals surface area contributed by atoms with Gasteiger partial charge < -0.3 is 16.0 Å². The molecule has 3 N–H and O–H groups in total. The van der Waals surface area contributed by atoms with Crippen molar-refractivity contribution in [1.82, 2.24) is 15.1 Å². The molecule has 1 aliphatic rings. The molecule has 1 atom stereocenters. The summed E-state index contributed by atoms with van der Waals surface area (Å²) >= 11 is 0. The van der Waals surface area contributed by atoms with Crippen LogP contribution in [0, 0.1) is 0 Å². The molecule has 0 bridgehead atoms. The summed E-state index contributed by atoms with van der Waals surface area (Å²) in [4.78, 5) is 2.14. The Morgan fingerprint density at radius 1 is 1.53 bits per heavy atom. The van der Waals surface area contributed by atoms with Crippen molar-refractivity contribution in [2.24, 2.45) is 0 Å². The number of nitrogens with two attached hydrogens (primary N) is 1. The fourth-order valence-electron chi connectivity index (χ4n) is 2.37. The molecule has 0 aromatic carbocycles. The smallest absolute Gasteiger partial charge is 0.182 e. The fourth-order valence-corrected chi connectivity index (χ4v) is 3.36. The molecular weight excluding hydrogens is 266 g/mol. The zero-order valence-electron chi connectivity index (χ0n) is 11.5. The molecule has 0 aliphatic carbocycles. The number of nitrogens with one attached hydrogen (secondary N) is 1. The predicted octanol–water partition coefficient (Wildman–Crippen LogP) is -0.313. The second-order valence-electron chi connectivity index (χ2n) is 4.93. The zero-order chi connectivity index (χ0) is 14.2. The number of piperazine rings is 1. The molecule has 108 valence electrons. The van der Waals surface area contributed by atoms with Crippen LogP contribution in [0.4, 0.5) is 11.6 Å². The van der Waals surface area contributed by atoms with E-state index >= 15 is 0 Å². The summed E-state index contributed by atoms with van der Waals surface area (Å²) in [6.07, 6.45) is 1.18. The number of aromatic nitrogens is 2. The molecule has 8 heteroatoms. The van der Waals surface area contributed by atoms with Crippen LogP contribution in [0.2, 0.25) is 0 Å². The van der Waals surface area contributed by atoms with Crippen LogP contribution in [0.3, 0.4) is 0 Å². The molecule has 0 saturated carbocycles. The standard InChI is InChI=1S/C11H21N5O2S/c1-4-16-10(12)9(19(3,17)18)11(14-16)15-6-5-13-8(2)7-15/h8,13H,4-7,12H2,1-3H3/t8-/m1/s1. The predicted molar refractivity (Wildman–Crippen MR) is 75.1 cm³/mol. The van der Waals surface area contributed by atoms with Crippen LogP contribution in [0.1, 0.15) is 13.8 Å². The molecule has 2 rings (SSSR count). The number of anilines is 2. The van der Waals surface area contributed by atoms with Crippen molar-refractivity contribution in [1.29, 1.82) is 0 Å². The summed E-state index contributed by atoms with van der Waals surface area (Å²) < 4.78 is 25.4. The minimum atomic E-state index is -3.39. The number of rotatable bonds is 3. The van der Waals surface area contributed by atoms with E-state index < -0.39 is 9.84 Å². The van der Waals surface area contributed by atoms with Gasteiger partial charge in [0.05, 0.1) is 0 Å². The number of nitrogen functional groups attached to an aromatic ring is 1. The van der Waals surface area contributed by atoms with E-state index in [4.69, 9.17) is 5.73 Å². The van der Waals surface area contributed by atoms with Crippen LogP contribution >= 0.6 is 0 Å². The number of hydrogen-bond donors (Lipinski definition) is 2. The van der Waals surface area contributed by atoms with Crippen LogP contribution in [-0.2, 0) is 16.4 Å². The van der Waals surface area contributed by atoms with Gasteiger partial charge in [-0.2, -0.15) is 5.10 Å². The third kappa shape index (κ3) is 2.69. The summed E-state index contributed by atoms with van der Waals surface area (Å²) in [6.45, 7) is 6.76. The first-order valence-corrected chi connectivity index (χ1v) is 8.28. The van der Waals surface area contributed by atoms with Crippen LogP contribution < -0.4 is 16.0 Å². The third-order valence-corrected chi connectivity index (χ3v) is 4.40. The van der Waals surface area contributed by atoms with Crippen molar-refractivity contribution in [3.05, 3.63) is 0 Å². The van der Waals surface area contributed by atoms with Gasteiger partial charge in [0.25, 0.3) is 0 Å². The van der Waals surface area contributed by atoms with E-state index in [0.29, 0.717) is 18.4 Å². The lowest BCUT2D eigenvalue weighted by Crippen LogP contribution is -2.49. The molecule has 1 aliphatic heterocycles. The Bertz CT molecular complexity index is 566. The summed E-state index contributed by atoms with van der Waals surface area (Å²) in [6, 6.07) is 0.300. The minimum Gasteiger partial charge on any atom is -0.383 e. The van der Waals surface area contributed by atoms with Gasteiger partial charge in [0.2, 0.25) is 0 Å². The Hall–Kier alpha value is -1.28. The van der Waals surface area contributed by atoms with Crippen molar-refractivity contribution >= 4 is 21.5 Å². The van der Waals surface area contributed by atoms with Gasteiger partial charge >= 0.3 is 0 Å². The molecule has 0 amide bonds. The van der Waals surface area contributed by atoms with Gasteiger partial charge in [-0.15, -0.1) is 0 Å². The number of sulfone groups is 1. The molecule has 2 heterocycles. The molecular formula is C11H21N5O2S. The second-order valence-corrected chi connectivity index (χ2v) is 6.88. The quantitative estimate of drug-likeness (QED) is 0.792. The van der Waals surface area contributed by atoms with E-state index in [2.05, 4.69) is 17.3 Å². The van der Waals surface area contributed by atoms with E-state index in [9.17, 15) is 8.42 Å². The molecule has 1 fully saturated rings. The van der Waals surface area contributed by atoms with Crippen molar-refractivity contribution in [3.63, 3.8) is 0 Å². The van der Waals surface area contributed by atoms with Crippen LogP contribution in [0.5, 0.6) is 0 Å². The Kier molecular flexibility index (Phi) is 3.73. The van der Waals surface area contributed by atoms with Gasteiger partial charge in [-0.1, -0.05) is 0 Å². The first-order chi connectivity index (χ1) is 8.84. The molecule has 19 heavy (non-hydrogen) atoms. The van der Waals surface area contributed by atoms with Gasteiger partial charge in [0.1, 0.15) is 5.82 Å². The Morgan fingerprint density at radius 2 is 2.21 bits per heavy atom. The second kappa shape index (κ2) is 5.01. The summed E-state index contributed by atoms with van der Waals surface area (Å²) in [5, 5.41) is 7.68. The van der Waals surface area contributed by atoms with E-state index in [1.807, 2.05) is 11.8 Å². The lowest BCUT2D eigenvalue weighted by Gasteiger charge is -2.32. The monoisotopic (exact) mass is 287 g/mol. The Balaban J connectivity index is 2.50. The molecule has 1 aromatic rings. The Labute approximate surface area is 113 Å². The van der Waals surface area contributed by atoms with Gasteiger partial charge in [0.15, 0.2) is 20.6 Å². The summed E-state index contributed by atoms with van der Waals surface area (Å²) in [5.74, 6) is 0.710. The zero-order valence-corrected chi connectivity index (χ0v) is 12.4. The third-order valence-electron chi connectivity index (χ3n) is 3.27. The maximum atomic E-state index is 12.0. The van der Waals surface area contributed by atoms with E-state index in [-0.39, 0.29) is 10.7 Å². The van der Waals surface area contributed by atoms with E-state index in [1.165, 1.54) is 6.26 Å². The highest BCUT2D eigenvalue weighted by molar-refractivity contribution is 7.91. The topological polar surface area (TPSA) is 93.2 Å². The lowest BCUT2D eigenvalue weighted by atomic mass is 10.2. The summed E-state index contributed by atoms with van der Waals surface area (Å²) in [7, 11) is -3.39. The molecule has 1 saturated heterocycles.